The Hall–Kier alpha value is -2.28. The van der Waals surface area contributed by atoms with E-state index in [0.717, 1.165) is 29.4 Å². The quantitative estimate of drug-likeness (QED) is 0.480. The van der Waals surface area contributed by atoms with E-state index in [4.69, 9.17) is 4.74 Å². The van der Waals surface area contributed by atoms with Gasteiger partial charge < -0.3 is 4.74 Å². The lowest BCUT2D eigenvalue weighted by molar-refractivity contribution is 0.133. The Balaban J connectivity index is 1.39. The van der Waals surface area contributed by atoms with E-state index in [1.54, 1.807) is 6.08 Å². The molecule has 0 aromatic heterocycles. The maximum atomic E-state index is 5.58. The summed E-state index contributed by atoms with van der Waals surface area (Å²) in [7, 11) is 0. The fraction of sp³-hybridized carbons (Fsp3) is 0.407. The largest absolute Gasteiger partial charge is 0.490 e. The van der Waals surface area contributed by atoms with E-state index in [9.17, 15) is 0 Å². The molecule has 2 aromatic rings. The van der Waals surface area contributed by atoms with Crippen LogP contribution < -0.4 is 4.74 Å². The average molecular weight is 373 g/mol. The van der Waals surface area contributed by atoms with Gasteiger partial charge in [0.25, 0.3) is 0 Å². The van der Waals surface area contributed by atoms with Crippen LogP contribution in [0, 0.1) is 17.8 Å². The third kappa shape index (κ3) is 4.24. The average Bonchev–Trinajstić information content (AvgIpc) is 2.77. The zero-order valence-corrected chi connectivity index (χ0v) is 16.9. The molecule has 2 fully saturated rings. The van der Waals surface area contributed by atoms with E-state index in [-0.39, 0.29) is 0 Å². The molecule has 0 radical (unpaired) electrons. The lowest BCUT2D eigenvalue weighted by Gasteiger charge is -2.41. The fourth-order valence-corrected chi connectivity index (χ4v) is 5.29. The standard InChI is InChI=1S/C27H32O/c1-3-17-28-27-15-13-22(14-16-27)21-7-9-23(10-8-21)25-12-11-24-18-20(4-2)5-6-26(24)19-25/h3-4,7-10,13-16,20,24-26H,1-2,5-6,11-12,17-19H2. The Morgan fingerprint density at radius 3 is 2.11 bits per heavy atom. The molecule has 2 aromatic carbocycles. The molecule has 146 valence electrons. The molecule has 0 amide bonds. The third-order valence-electron chi connectivity index (χ3n) is 6.92. The van der Waals surface area contributed by atoms with E-state index >= 15 is 0 Å². The molecule has 0 aliphatic heterocycles. The van der Waals surface area contributed by atoms with Crippen molar-refractivity contribution < 1.29 is 4.74 Å². The van der Waals surface area contributed by atoms with Crippen molar-refractivity contribution in [1.82, 2.24) is 0 Å². The van der Waals surface area contributed by atoms with E-state index in [2.05, 4.69) is 55.6 Å². The lowest BCUT2D eigenvalue weighted by atomic mass is 9.64. The topological polar surface area (TPSA) is 9.23 Å². The lowest BCUT2D eigenvalue weighted by Crippen LogP contribution is -2.29. The maximum absolute atomic E-state index is 5.58. The summed E-state index contributed by atoms with van der Waals surface area (Å²) in [4.78, 5) is 0. The summed E-state index contributed by atoms with van der Waals surface area (Å²) in [5, 5.41) is 0. The molecule has 0 heterocycles. The van der Waals surface area contributed by atoms with Crippen LogP contribution in [-0.2, 0) is 0 Å². The van der Waals surface area contributed by atoms with Crippen molar-refractivity contribution in [3.05, 3.63) is 79.4 Å². The van der Waals surface area contributed by atoms with E-state index < -0.39 is 0 Å². The number of allylic oxidation sites excluding steroid dienone is 1. The van der Waals surface area contributed by atoms with Gasteiger partial charge in [-0.1, -0.05) is 55.1 Å². The molecular formula is C27H32O. The van der Waals surface area contributed by atoms with Crippen molar-refractivity contribution in [2.24, 2.45) is 17.8 Å². The molecule has 0 bridgehead atoms. The number of rotatable bonds is 6. The van der Waals surface area contributed by atoms with Crippen molar-refractivity contribution in [3.63, 3.8) is 0 Å². The highest BCUT2D eigenvalue weighted by Gasteiger charge is 2.35. The van der Waals surface area contributed by atoms with Gasteiger partial charge in [0.2, 0.25) is 0 Å². The molecule has 0 N–H and O–H groups in total. The van der Waals surface area contributed by atoms with E-state index in [0.29, 0.717) is 6.61 Å². The predicted octanol–water partition coefficient (Wildman–Crippen LogP) is 7.40. The van der Waals surface area contributed by atoms with Crippen molar-refractivity contribution in [3.8, 4) is 16.9 Å². The van der Waals surface area contributed by atoms with Crippen molar-refractivity contribution in [2.75, 3.05) is 6.61 Å². The second-order valence-corrected chi connectivity index (χ2v) is 8.59. The zero-order valence-electron chi connectivity index (χ0n) is 16.9. The minimum atomic E-state index is 0.547. The van der Waals surface area contributed by atoms with Crippen LogP contribution in [0.3, 0.4) is 0 Å². The first-order valence-corrected chi connectivity index (χ1v) is 10.8. The molecule has 4 rings (SSSR count). The van der Waals surface area contributed by atoms with Crippen molar-refractivity contribution in [1.29, 1.82) is 0 Å². The Morgan fingerprint density at radius 2 is 1.43 bits per heavy atom. The van der Waals surface area contributed by atoms with Crippen LogP contribution in [-0.4, -0.2) is 6.61 Å². The van der Waals surface area contributed by atoms with Gasteiger partial charge in [-0.15, -0.1) is 6.58 Å². The minimum absolute atomic E-state index is 0.547. The van der Waals surface area contributed by atoms with Gasteiger partial charge in [-0.2, -0.15) is 0 Å². The van der Waals surface area contributed by atoms with Gasteiger partial charge in [0.15, 0.2) is 0 Å². The summed E-state index contributed by atoms with van der Waals surface area (Å²) >= 11 is 0. The summed E-state index contributed by atoms with van der Waals surface area (Å²) in [6.45, 7) is 8.26. The zero-order chi connectivity index (χ0) is 19.3. The van der Waals surface area contributed by atoms with Crippen molar-refractivity contribution in [2.45, 2.75) is 44.4 Å². The molecule has 2 aliphatic rings. The second-order valence-electron chi connectivity index (χ2n) is 8.59. The molecular weight excluding hydrogens is 340 g/mol. The van der Waals surface area contributed by atoms with Gasteiger partial charge in [-0.25, -0.2) is 0 Å². The number of benzene rings is 2. The van der Waals surface area contributed by atoms with Crippen LogP contribution in [0.4, 0.5) is 0 Å². The Morgan fingerprint density at radius 1 is 0.786 bits per heavy atom. The van der Waals surface area contributed by atoms with Gasteiger partial charge in [0.1, 0.15) is 12.4 Å². The molecule has 4 atom stereocenters. The summed E-state index contributed by atoms with van der Waals surface area (Å²) in [6.07, 6.45) is 12.2. The Bertz CT molecular complexity index is 786. The monoisotopic (exact) mass is 372 g/mol. The van der Waals surface area contributed by atoms with Gasteiger partial charge in [-0.3, -0.25) is 0 Å². The van der Waals surface area contributed by atoms with Crippen LogP contribution in [0.5, 0.6) is 5.75 Å². The molecule has 0 saturated heterocycles. The number of ether oxygens (including phenoxy) is 1. The number of hydrogen-bond donors (Lipinski definition) is 0. The minimum Gasteiger partial charge on any atom is -0.490 e. The van der Waals surface area contributed by atoms with Crippen LogP contribution in [0.1, 0.15) is 50.0 Å². The first-order valence-electron chi connectivity index (χ1n) is 10.8. The molecule has 4 unspecified atom stereocenters. The highest BCUT2D eigenvalue weighted by molar-refractivity contribution is 5.64. The predicted molar refractivity (Wildman–Crippen MR) is 119 cm³/mol. The number of fused-ring (bicyclic) bond motifs is 1. The molecule has 28 heavy (non-hydrogen) atoms. The van der Waals surface area contributed by atoms with Crippen LogP contribution in [0.25, 0.3) is 11.1 Å². The van der Waals surface area contributed by atoms with Gasteiger partial charge in [0, 0.05) is 0 Å². The van der Waals surface area contributed by atoms with Crippen LogP contribution in [0.15, 0.2) is 73.8 Å². The smallest absolute Gasteiger partial charge is 0.119 e. The number of hydrogen-bond acceptors (Lipinski definition) is 1. The Kier molecular flexibility index (Phi) is 6.00. The van der Waals surface area contributed by atoms with E-state index in [1.807, 2.05) is 12.1 Å². The summed E-state index contributed by atoms with van der Waals surface area (Å²) < 4.78 is 5.58. The van der Waals surface area contributed by atoms with Gasteiger partial charge >= 0.3 is 0 Å². The van der Waals surface area contributed by atoms with Gasteiger partial charge in [0.05, 0.1) is 0 Å². The Labute approximate surface area is 170 Å². The first kappa shape index (κ1) is 19.1. The maximum Gasteiger partial charge on any atom is 0.119 e. The van der Waals surface area contributed by atoms with Crippen LogP contribution in [0.2, 0.25) is 0 Å². The normalized spacial score (nSPS) is 26.9. The third-order valence-corrected chi connectivity index (χ3v) is 6.92. The first-order chi connectivity index (χ1) is 13.8. The van der Waals surface area contributed by atoms with Crippen molar-refractivity contribution >= 4 is 0 Å². The van der Waals surface area contributed by atoms with Gasteiger partial charge in [-0.05, 0) is 91.0 Å². The van der Waals surface area contributed by atoms with Crippen LogP contribution >= 0.6 is 0 Å². The second kappa shape index (κ2) is 8.82. The molecule has 1 heteroatoms. The molecule has 1 nitrogen and oxygen atoms in total. The highest BCUT2D eigenvalue weighted by atomic mass is 16.5. The fourth-order valence-electron chi connectivity index (χ4n) is 5.29. The highest BCUT2D eigenvalue weighted by Crippen LogP contribution is 2.47. The molecule has 2 aliphatic carbocycles. The molecule has 2 saturated carbocycles. The molecule has 0 spiro atoms. The summed E-state index contributed by atoms with van der Waals surface area (Å²) in [5.41, 5.74) is 4.04. The summed E-state index contributed by atoms with van der Waals surface area (Å²) in [6, 6.07) is 17.6. The SMILES string of the molecule is C=CCOc1ccc(-c2ccc(C3CCC4CC(C=C)CCC4C3)cc2)cc1. The van der Waals surface area contributed by atoms with E-state index in [1.165, 1.54) is 55.2 Å². The summed E-state index contributed by atoms with van der Waals surface area (Å²) in [5.74, 6) is 4.27.